The number of H-pyrrole nitrogens is 1. The third-order valence-corrected chi connectivity index (χ3v) is 4.41. The number of aromatic nitrogens is 1. The summed E-state index contributed by atoms with van der Waals surface area (Å²) in [5.74, 6) is 0.0576. The van der Waals surface area contributed by atoms with Crippen LogP contribution in [0, 0.1) is 0 Å². The maximum Gasteiger partial charge on any atom is 0.199 e. The Labute approximate surface area is 155 Å². The van der Waals surface area contributed by atoms with E-state index < -0.39 is 0 Å². The van der Waals surface area contributed by atoms with Gasteiger partial charge in [0.15, 0.2) is 5.88 Å². The van der Waals surface area contributed by atoms with Gasteiger partial charge in [-0.25, -0.2) is 4.99 Å². The molecular weight excluding hydrogens is 346 g/mol. The van der Waals surface area contributed by atoms with E-state index in [1.807, 2.05) is 54.6 Å². The first-order valence-corrected chi connectivity index (χ1v) is 8.50. The van der Waals surface area contributed by atoms with Gasteiger partial charge in [-0.15, -0.1) is 0 Å². The number of fused-ring (bicyclic) bond motifs is 1. The minimum Gasteiger partial charge on any atom is -0.494 e. The van der Waals surface area contributed by atoms with Crippen molar-refractivity contribution in [2.24, 2.45) is 4.99 Å². The molecule has 3 aromatic carbocycles. The zero-order valence-electron chi connectivity index (χ0n) is 13.8. The molecule has 128 valence electrons. The van der Waals surface area contributed by atoms with E-state index in [0.717, 1.165) is 22.2 Å². The van der Waals surface area contributed by atoms with Gasteiger partial charge in [-0.05, 0) is 42.5 Å². The lowest BCUT2D eigenvalue weighted by molar-refractivity contribution is 0.457. The first-order chi connectivity index (χ1) is 12.6. The number of nitrogen functional groups attached to an aromatic ring is 1. The summed E-state index contributed by atoms with van der Waals surface area (Å²) >= 11 is 5.98. The average Bonchev–Trinajstić information content (AvgIpc) is 2.97. The number of aromatic amines is 1. The number of aromatic hydroxyl groups is 1. The van der Waals surface area contributed by atoms with Gasteiger partial charge in [-0.1, -0.05) is 41.9 Å². The number of rotatable bonds is 3. The normalized spacial score (nSPS) is 11.8. The summed E-state index contributed by atoms with van der Waals surface area (Å²) in [4.78, 5) is 7.79. The van der Waals surface area contributed by atoms with Crippen LogP contribution >= 0.6 is 11.6 Å². The van der Waals surface area contributed by atoms with Gasteiger partial charge in [0, 0.05) is 27.2 Å². The summed E-state index contributed by atoms with van der Waals surface area (Å²) in [6.07, 6.45) is 0. The SMILES string of the molecule is Nc1ccc2[nH]c(O)c(C(=Nc3ccc(Cl)cc3)c3ccccc3)c2c1. The fraction of sp³-hybridized carbons (Fsp3) is 0. The van der Waals surface area contributed by atoms with Crippen LogP contribution in [0.25, 0.3) is 10.9 Å². The van der Waals surface area contributed by atoms with Crippen LogP contribution in [0.5, 0.6) is 5.88 Å². The van der Waals surface area contributed by atoms with Crippen molar-refractivity contribution in [3.05, 3.63) is 88.9 Å². The van der Waals surface area contributed by atoms with Gasteiger partial charge >= 0.3 is 0 Å². The standard InChI is InChI=1S/C21H16ClN3O/c22-14-6-9-16(10-7-14)24-20(13-4-2-1-3-5-13)19-17-12-15(23)8-11-18(17)25-21(19)26/h1-12,25-26H,23H2. The fourth-order valence-electron chi connectivity index (χ4n) is 2.94. The first kappa shape index (κ1) is 16.2. The Bertz CT molecular complexity index is 1100. The Morgan fingerprint density at radius 3 is 2.42 bits per heavy atom. The largest absolute Gasteiger partial charge is 0.494 e. The number of benzene rings is 3. The highest BCUT2D eigenvalue weighted by molar-refractivity contribution is 6.30. The van der Waals surface area contributed by atoms with Gasteiger partial charge in [-0.2, -0.15) is 0 Å². The van der Waals surface area contributed by atoms with Crippen LogP contribution in [0.4, 0.5) is 11.4 Å². The van der Waals surface area contributed by atoms with Crippen molar-refractivity contribution in [1.82, 2.24) is 4.98 Å². The molecule has 0 aliphatic rings. The number of nitrogens with two attached hydrogens (primary N) is 1. The molecule has 0 saturated carbocycles. The second-order valence-corrected chi connectivity index (χ2v) is 6.39. The van der Waals surface area contributed by atoms with E-state index in [1.165, 1.54) is 0 Å². The van der Waals surface area contributed by atoms with Crippen molar-refractivity contribution in [2.45, 2.75) is 0 Å². The molecule has 0 saturated heterocycles. The molecule has 1 heterocycles. The predicted octanol–water partition coefficient (Wildman–Crippen LogP) is 5.28. The molecule has 0 aliphatic heterocycles. The number of aliphatic imine (C=N–C) groups is 1. The van der Waals surface area contributed by atoms with Gasteiger partial charge in [0.1, 0.15) is 0 Å². The Morgan fingerprint density at radius 2 is 1.69 bits per heavy atom. The highest BCUT2D eigenvalue weighted by Gasteiger charge is 2.18. The minimum absolute atomic E-state index is 0.0576. The van der Waals surface area contributed by atoms with Crippen molar-refractivity contribution in [1.29, 1.82) is 0 Å². The topological polar surface area (TPSA) is 74.4 Å². The van der Waals surface area contributed by atoms with Crippen LogP contribution in [0.3, 0.4) is 0 Å². The summed E-state index contributed by atoms with van der Waals surface area (Å²) in [7, 11) is 0. The average molecular weight is 362 g/mol. The number of nitrogens with zero attached hydrogens (tertiary/aromatic N) is 1. The highest BCUT2D eigenvalue weighted by Crippen LogP contribution is 2.32. The van der Waals surface area contributed by atoms with E-state index in [-0.39, 0.29) is 5.88 Å². The molecule has 0 amide bonds. The van der Waals surface area contributed by atoms with Gasteiger partial charge in [0.05, 0.1) is 17.0 Å². The fourth-order valence-corrected chi connectivity index (χ4v) is 3.07. The summed E-state index contributed by atoms with van der Waals surface area (Å²) in [5, 5.41) is 12.0. The number of halogens is 1. The van der Waals surface area contributed by atoms with Crippen molar-refractivity contribution < 1.29 is 5.11 Å². The Morgan fingerprint density at radius 1 is 0.962 bits per heavy atom. The summed E-state index contributed by atoms with van der Waals surface area (Å²) in [6, 6.07) is 22.5. The Kier molecular flexibility index (Phi) is 4.11. The van der Waals surface area contributed by atoms with Gasteiger partial charge < -0.3 is 15.8 Å². The van der Waals surface area contributed by atoms with Crippen LogP contribution in [-0.4, -0.2) is 15.8 Å². The van der Waals surface area contributed by atoms with Crippen LogP contribution < -0.4 is 5.73 Å². The molecule has 0 radical (unpaired) electrons. The number of nitrogens with one attached hydrogen (secondary N) is 1. The molecule has 4 rings (SSSR count). The third-order valence-electron chi connectivity index (χ3n) is 4.15. The molecule has 0 bridgehead atoms. The number of hydrogen-bond acceptors (Lipinski definition) is 3. The lowest BCUT2D eigenvalue weighted by Gasteiger charge is -2.08. The van der Waals surface area contributed by atoms with Crippen molar-refractivity contribution in [3.8, 4) is 5.88 Å². The molecule has 0 fully saturated rings. The number of anilines is 1. The maximum absolute atomic E-state index is 10.6. The van der Waals surface area contributed by atoms with Crippen LogP contribution in [0.2, 0.25) is 5.02 Å². The van der Waals surface area contributed by atoms with Crippen LogP contribution in [0.15, 0.2) is 77.8 Å². The molecule has 1 aromatic heterocycles. The van der Waals surface area contributed by atoms with E-state index in [1.54, 1.807) is 18.2 Å². The summed E-state index contributed by atoms with van der Waals surface area (Å²) in [5.41, 5.74) is 10.3. The smallest absolute Gasteiger partial charge is 0.199 e. The predicted molar refractivity (Wildman–Crippen MR) is 108 cm³/mol. The first-order valence-electron chi connectivity index (χ1n) is 8.12. The van der Waals surface area contributed by atoms with Crippen molar-refractivity contribution in [3.63, 3.8) is 0 Å². The maximum atomic E-state index is 10.6. The van der Waals surface area contributed by atoms with Gasteiger partial charge in [0.2, 0.25) is 0 Å². The summed E-state index contributed by atoms with van der Waals surface area (Å²) in [6.45, 7) is 0. The molecule has 0 atom stereocenters. The van der Waals surface area contributed by atoms with E-state index >= 15 is 0 Å². The van der Waals surface area contributed by atoms with Gasteiger partial charge in [-0.3, -0.25) is 0 Å². The molecule has 4 aromatic rings. The monoisotopic (exact) mass is 361 g/mol. The van der Waals surface area contributed by atoms with Crippen LogP contribution in [-0.2, 0) is 0 Å². The zero-order chi connectivity index (χ0) is 18.1. The highest BCUT2D eigenvalue weighted by atomic mass is 35.5. The van der Waals surface area contributed by atoms with E-state index in [9.17, 15) is 5.11 Å². The van der Waals surface area contributed by atoms with Crippen molar-refractivity contribution >= 4 is 39.6 Å². The Balaban J connectivity index is 1.99. The third kappa shape index (κ3) is 3.03. The molecule has 0 aliphatic carbocycles. The number of hydrogen-bond donors (Lipinski definition) is 3. The molecule has 5 heteroatoms. The molecule has 0 unspecified atom stereocenters. The quantitative estimate of drug-likeness (QED) is 0.343. The van der Waals surface area contributed by atoms with E-state index in [4.69, 9.17) is 22.3 Å². The molecule has 26 heavy (non-hydrogen) atoms. The molecular formula is C21H16ClN3O. The van der Waals surface area contributed by atoms with Gasteiger partial charge in [0.25, 0.3) is 0 Å². The lowest BCUT2D eigenvalue weighted by Crippen LogP contribution is -2.03. The summed E-state index contributed by atoms with van der Waals surface area (Å²) < 4.78 is 0. The zero-order valence-corrected chi connectivity index (χ0v) is 14.5. The molecule has 4 nitrogen and oxygen atoms in total. The molecule has 0 spiro atoms. The van der Waals surface area contributed by atoms with E-state index in [0.29, 0.717) is 22.0 Å². The Hall–Kier alpha value is -3.24. The second-order valence-electron chi connectivity index (χ2n) is 5.96. The van der Waals surface area contributed by atoms with Crippen molar-refractivity contribution in [2.75, 3.05) is 5.73 Å². The van der Waals surface area contributed by atoms with Crippen LogP contribution in [0.1, 0.15) is 11.1 Å². The molecule has 4 N–H and O–H groups in total. The second kappa shape index (κ2) is 6.58. The minimum atomic E-state index is 0.0576. The van der Waals surface area contributed by atoms with E-state index in [2.05, 4.69) is 4.98 Å². The lowest BCUT2D eigenvalue weighted by atomic mass is 10.0.